The van der Waals surface area contributed by atoms with Gasteiger partial charge in [0, 0.05) is 24.9 Å². The number of urea groups is 1. The number of hydrogen-bond donors (Lipinski definition) is 2. The summed E-state index contributed by atoms with van der Waals surface area (Å²) in [6.45, 7) is 1.79. The fraction of sp³-hybridized carbons (Fsp3) is 0.727. The average molecular weight is 236 g/mol. The van der Waals surface area contributed by atoms with Crippen LogP contribution in [0.5, 0.6) is 0 Å². The molecule has 92 valence electrons. The van der Waals surface area contributed by atoms with Crippen LogP contribution in [0.15, 0.2) is 4.42 Å². The van der Waals surface area contributed by atoms with Crippen LogP contribution in [0.3, 0.4) is 0 Å². The molecule has 2 aliphatic rings. The second-order valence-corrected chi connectivity index (χ2v) is 4.92. The Morgan fingerprint density at radius 3 is 2.53 bits per heavy atom. The third-order valence-corrected chi connectivity index (χ3v) is 3.28. The molecule has 0 unspecified atom stereocenters. The molecule has 0 saturated heterocycles. The number of hydrogen-bond acceptors (Lipinski definition) is 4. The maximum atomic E-state index is 11.5. The molecule has 17 heavy (non-hydrogen) atoms. The smallest absolute Gasteiger partial charge is 0.315 e. The van der Waals surface area contributed by atoms with E-state index in [1.165, 1.54) is 0 Å². The van der Waals surface area contributed by atoms with Crippen LogP contribution < -0.4 is 10.6 Å². The molecule has 1 aromatic heterocycles. The van der Waals surface area contributed by atoms with Crippen molar-refractivity contribution in [3.05, 3.63) is 11.8 Å². The lowest BCUT2D eigenvalue weighted by molar-refractivity contribution is 0.214. The molecule has 0 radical (unpaired) electrons. The van der Waals surface area contributed by atoms with Crippen LogP contribution in [0.4, 0.5) is 4.79 Å². The van der Waals surface area contributed by atoms with E-state index in [0.717, 1.165) is 25.7 Å². The van der Waals surface area contributed by atoms with Gasteiger partial charge in [-0.25, -0.2) is 4.79 Å². The molecule has 6 heteroatoms. The van der Waals surface area contributed by atoms with Gasteiger partial charge >= 0.3 is 6.03 Å². The minimum absolute atomic E-state index is 0.0438. The van der Waals surface area contributed by atoms with Gasteiger partial charge in [-0.3, -0.25) is 0 Å². The van der Waals surface area contributed by atoms with Gasteiger partial charge in [-0.2, -0.15) is 0 Å². The molecule has 0 aliphatic heterocycles. The minimum atomic E-state index is -0.0438. The number of carbonyl (C=O) groups is 1. The van der Waals surface area contributed by atoms with Gasteiger partial charge in [0.15, 0.2) is 0 Å². The second kappa shape index (κ2) is 4.01. The molecule has 0 bridgehead atoms. The first-order valence-electron chi connectivity index (χ1n) is 6.08. The zero-order valence-electron chi connectivity index (χ0n) is 9.77. The lowest BCUT2D eigenvalue weighted by Gasteiger charge is -2.33. The highest BCUT2D eigenvalue weighted by Crippen LogP contribution is 2.36. The summed E-state index contributed by atoms with van der Waals surface area (Å²) in [6.07, 6.45) is 4.00. The largest absolute Gasteiger partial charge is 0.425 e. The number of carbonyl (C=O) groups excluding carboxylic acids is 1. The highest BCUT2D eigenvalue weighted by molar-refractivity contribution is 5.75. The minimum Gasteiger partial charge on any atom is -0.425 e. The number of aromatic nitrogens is 2. The van der Waals surface area contributed by atoms with Gasteiger partial charge in [0.25, 0.3) is 0 Å². The number of amides is 2. The summed E-state index contributed by atoms with van der Waals surface area (Å²) in [7, 11) is 0. The van der Waals surface area contributed by atoms with Crippen LogP contribution >= 0.6 is 0 Å². The Labute approximate surface area is 99.2 Å². The third kappa shape index (κ3) is 2.40. The summed E-state index contributed by atoms with van der Waals surface area (Å²) in [4.78, 5) is 11.5. The van der Waals surface area contributed by atoms with Crippen molar-refractivity contribution in [3.63, 3.8) is 0 Å². The van der Waals surface area contributed by atoms with E-state index in [-0.39, 0.29) is 12.1 Å². The number of aryl methyl sites for hydroxylation is 1. The fourth-order valence-electron chi connectivity index (χ4n) is 2.05. The molecule has 2 N–H and O–H groups in total. The molecule has 2 fully saturated rings. The first kappa shape index (κ1) is 10.6. The Morgan fingerprint density at radius 2 is 1.94 bits per heavy atom. The van der Waals surface area contributed by atoms with Crippen molar-refractivity contribution in [2.45, 2.75) is 50.6 Å². The SMILES string of the molecule is Cc1nnc(C2CC(NC(=O)NC3CC3)C2)o1. The highest BCUT2D eigenvalue weighted by Gasteiger charge is 2.35. The fourth-order valence-corrected chi connectivity index (χ4v) is 2.05. The Bertz CT molecular complexity index is 421. The zero-order valence-corrected chi connectivity index (χ0v) is 9.77. The lowest BCUT2D eigenvalue weighted by atomic mass is 9.80. The van der Waals surface area contributed by atoms with Crippen molar-refractivity contribution in [1.29, 1.82) is 0 Å². The lowest BCUT2D eigenvalue weighted by Crippen LogP contribution is -2.48. The van der Waals surface area contributed by atoms with Crippen LogP contribution in [-0.2, 0) is 0 Å². The molecule has 2 aliphatic carbocycles. The van der Waals surface area contributed by atoms with Crippen LogP contribution in [-0.4, -0.2) is 28.3 Å². The van der Waals surface area contributed by atoms with E-state index in [0.29, 0.717) is 23.7 Å². The molecule has 6 nitrogen and oxygen atoms in total. The molecule has 0 aromatic carbocycles. The Morgan fingerprint density at radius 1 is 1.24 bits per heavy atom. The molecule has 2 saturated carbocycles. The van der Waals surface area contributed by atoms with E-state index in [2.05, 4.69) is 20.8 Å². The quantitative estimate of drug-likeness (QED) is 0.823. The van der Waals surface area contributed by atoms with E-state index in [9.17, 15) is 4.79 Å². The van der Waals surface area contributed by atoms with Crippen molar-refractivity contribution >= 4 is 6.03 Å². The molecule has 2 amide bonds. The van der Waals surface area contributed by atoms with Crippen molar-refractivity contribution in [2.24, 2.45) is 0 Å². The maximum Gasteiger partial charge on any atom is 0.315 e. The summed E-state index contributed by atoms with van der Waals surface area (Å²) in [5.74, 6) is 1.61. The topological polar surface area (TPSA) is 80.0 Å². The van der Waals surface area contributed by atoms with E-state index < -0.39 is 0 Å². The average Bonchev–Trinajstić information content (AvgIpc) is 2.93. The van der Waals surface area contributed by atoms with E-state index in [1.807, 2.05) is 0 Å². The van der Waals surface area contributed by atoms with Crippen LogP contribution in [0, 0.1) is 6.92 Å². The molecule has 3 rings (SSSR count). The van der Waals surface area contributed by atoms with Gasteiger partial charge in [-0.1, -0.05) is 0 Å². The number of nitrogens with zero attached hydrogens (tertiary/aromatic N) is 2. The predicted molar refractivity (Wildman–Crippen MR) is 59.5 cm³/mol. The maximum absolute atomic E-state index is 11.5. The van der Waals surface area contributed by atoms with E-state index in [4.69, 9.17) is 4.42 Å². The molecule has 0 spiro atoms. The summed E-state index contributed by atoms with van der Waals surface area (Å²) in [6, 6.07) is 0.605. The summed E-state index contributed by atoms with van der Waals surface area (Å²) in [5.41, 5.74) is 0. The van der Waals surface area contributed by atoms with Gasteiger partial charge in [0.2, 0.25) is 11.8 Å². The Kier molecular flexibility index (Phi) is 2.49. The van der Waals surface area contributed by atoms with Gasteiger partial charge in [0.1, 0.15) is 0 Å². The second-order valence-electron chi connectivity index (χ2n) is 4.92. The van der Waals surface area contributed by atoms with Crippen molar-refractivity contribution in [3.8, 4) is 0 Å². The first-order chi connectivity index (χ1) is 8.20. The first-order valence-corrected chi connectivity index (χ1v) is 6.08. The van der Waals surface area contributed by atoms with Crippen molar-refractivity contribution < 1.29 is 9.21 Å². The van der Waals surface area contributed by atoms with Gasteiger partial charge in [-0.05, 0) is 25.7 Å². The predicted octanol–water partition coefficient (Wildman–Crippen LogP) is 1.09. The molecular weight excluding hydrogens is 220 g/mol. The molecule has 1 heterocycles. The monoisotopic (exact) mass is 236 g/mol. The highest BCUT2D eigenvalue weighted by atomic mass is 16.4. The van der Waals surface area contributed by atoms with Crippen LogP contribution in [0.1, 0.15) is 43.4 Å². The van der Waals surface area contributed by atoms with Gasteiger partial charge in [-0.15, -0.1) is 10.2 Å². The number of nitrogens with one attached hydrogen (secondary N) is 2. The Balaban J connectivity index is 1.43. The molecule has 0 atom stereocenters. The van der Waals surface area contributed by atoms with Crippen molar-refractivity contribution in [1.82, 2.24) is 20.8 Å². The van der Waals surface area contributed by atoms with E-state index >= 15 is 0 Å². The van der Waals surface area contributed by atoms with Gasteiger partial charge < -0.3 is 15.1 Å². The van der Waals surface area contributed by atoms with Gasteiger partial charge in [0.05, 0.1) is 0 Å². The third-order valence-electron chi connectivity index (χ3n) is 3.28. The van der Waals surface area contributed by atoms with Crippen LogP contribution in [0.2, 0.25) is 0 Å². The summed E-state index contributed by atoms with van der Waals surface area (Å²) >= 11 is 0. The zero-order chi connectivity index (χ0) is 11.8. The Hall–Kier alpha value is -1.59. The number of rotatable bonds is 3. The molecular formula is C11H16N4O2. The normalized spacial score (nSPS) is 27.4. The van der Waals surface area contributed by atoms with Crippen LogP contribution in [0.25, 0.3) is 0 Å². The standard InChI is InChI=1S/C11H16N4O2/c1-6-14-15-10(17-6)7-4-9(5-7)13-11(16)12-8-2-3-8/h7-9H,2-5H2,1H3,(H2,12,13,16). The van der Waals surface area contributed by atoms with E-state index in [1.54, 1.807) is 6.92 Å². The summed E-state index contributed by atoms with van der Waals surface area (Å²) < 4.78 is 5.36. The summed E-state index contributed by atoms with van der Waals surface area (Å²) in [5, 5.41) is 13.7. The molecule has 1 aromatic rings. The van der Waals surface area contributed by atoms with Crippen molar-refractivity contribution in [2.75, 3.05) is 0 Å².